The second-order valence-electron chi connectivity index (χ2n) is 7.03. The maximum Gasteiger partial charge on any atom is 0.332 e. The smallest absolute Gasteiger partial charge is 0.312 e. The Morgan fingerprint density at radius 3 is 1.38 bits per heavy atom. The molecule has 0 aromatic carbocycles. The molecule has 1 fully saturated rings. The number of hydrogen-bond donors (Lipinski definition) is 0. The summed E-state index contributed by atoms with van der Waals surface area (Å²) >= 11 is 0. The van der Waals surface area contributed by atoms with E-state index in [0.717, 1.165) is 13.0 Å². The fourth-order valence-electron chi connectivity index (χ4n) is 3.12. The van der Waals surface area contributed by atoms with Crippen molar-refractivity contribution in [1.29, 1.82) is 0 Å². The predicted molar refractivity (Wildman–Crippen MR) is 104 cm³/mol. The SMILES string of the molecule is CCCCCCCCCCCCCCCCCCOP1OCCO1. The van der Waals surface area contributed by atoms with Gasteiger partial charge in [0.25, 0.3) is 0 Å². The van der Waals surface area contributed by atoms with E-state index >= 15 is 0 Å². The Kier molecular flexibility index (Phi) is 16.9. The average molecular weight is 361 g/mol. The summed E-state index contributed by atoms with van der Waals surface area (Å²) in [5.74, 6) is 0. The fraction of sp³-hybridized carbons (Fsp3) is 1.00. The first kappa shape index (κ1) is 22.4. The lowest BCUT2D eigenvalue weighted by atomic mass is 10.0. The fourth-order valence-corrected chi connectivity index (χ4v) is 4.07. The summed E-state index contributed by atoms with van der Waals surface area (Å²) in [6, 6.07) is 0. The van der Waals surface area contributed by atoms with Crippen LogP contribution in [-0.4, -0.2) is 19.8 Å². The van der Waals surface area contributed by atoms with Crippen LogP contribution in [0.15, 0.2) is 0 Å². The lowest BCUT2D eigenvalue weighted by Crippen LogP contribution is -1.90. The minimum absolute atomic E-state index is 0.699. The lowest BCUT2D eigenvalue weighted by Gasteiger charge is -2.07. The molecule has 0 aliphatic carbocycles. The molecule has 0 saturated carbocycles. The Morgan fingerprint density at radius 1 is 0.583 bits per heavy atom. The maximum absolute atomic E-state index is 5.54. The van der Waals surface area contributed by atoms with E-state index in [1.54, 1.807) is 0 Å². The van der Waals surface area contributed by atoms with Crippen molar-refractivity contribution < 1.29 is 13.6 Å². The van der Waals surface area contributed by atoms with Gasteiger partial charge in [0.15, 0.2) is 0 Å². The molecule has 0 atom stereocenters. The highest BCUT2D eigenvalue weighted by molar-refractivity contribution is 7.41. The standard InChI is InChI=1S/C20H41O3P/c1-2-3-4-5-6-7-8-9-10-11-12-13-14-15-16-17-18-21-24-22-19-20-23-24/h2-20H2,1H3. The molecule has 0 aromatic rings. The molecule has 0 amide bonds. The van der Waals surface area contributed by atoms with Crippen LogP contribution in [0.5, 0.6) is 0 Å². The van der Waals surface area contributed by atoms with Crippen LogP contribution in [0.3, 0.4) is 0 Å². The lowest BCUT2D eigenvalue weighted by molar-refractivity contribution is 0.241. The molecule has 1 heterocycles. The van der Waals surface area contributed by atoms with Gasteiger partial charge in [-0.1, -0.05) is 103 Å². The molecule has 1 aliphatic rings. The van der Waals surface area contributed by atoms with Crippen LogP contribution in [0.25, 0.3) is 0 Å². The van der Waals surface area contributed by atoms with Gasteiger partial charge in [-0.2, -0.15) is 0 Å². The number of unbranched alkanes of at least 4 members (excludes halogenated alkanes) is 15. The van der Waals surface area contributed by atoms with Gasteiger partial charge in [0, 0.05) is 0 Å². The minimum atomic E-state index is -0.989. The molecular weight excluding hydrogens is 319 g/mol. The van der Waals surface area contributed by atoms with Crippen LogP contribution in [0.2, 0.25) is 0 Å². The van der Waals surface area contributed by atoms with Crippen LogP contribution in [0, 0.1) is 0 Å². The van der Waals surface area contributed by atoms with Gasteiger partial charge >= 0.3 is 8.60 Å². The first-order chi connectivity index (χ1) is 11.9. The topological polar surface area (TPSA) is 27.7 Å². The van der Waals surface area contributed by atoms with E-state index in [1.165, 1.54) is 96.3 Å². The van der Waals surface area contributed by atoms with Crippen LogP contribution >= 0.6 is 8.60 Å². The highest BCUT2D eigenvalue weighted by atomic mass is 31.2. The van der Waals surface area contributed by atoms with Crippen molar-refractivity contribution >= 4 is 8.60 Å². The molecule has 1 rings (SSSR count). The third-order valence-corrected chi connectivity index (χ3v) is 5.85. The van der Waals surface area contributed by atoms with E-state index in [4.69, 9.17) is 13.6 Å². The normalized spacial score (nSPS) is 15.4. The van der Waals surface area contributed by atoms with E-state index in [1.807, 2.05) is 0 Å². The average Bonchev–Trinajstić information content (AvgIpc) is 3.11. The summed E-state index contributed by atoms with van der Waals surface area (Å²) in [6.45, 7) is 4.48. The molecule has 0 bridgehead atoms. The molecular formula is C20H41O3P. The van der Waals surface area contributed by atoms with Gasteiger partial charge in [-0.25, -0.2) is 0 Å². The predicted octanol–water partition coefficient (Wildman–Crippen LogP) is 7.54. The van der Waals surface area contributed by atoms with Crippen LogP contribution in [0.4, 0.5) is 0 Å². The third kappa shape index (κ3) is 14.6. The highest BCUT2D eigenvalue weighted by Gasteiger charge is 2.17. The Bertz CT molecular complexity index is 245. The second-order valence-corrected chi connectivity index (χ2v) is 8.25. The van der Waals surface area contributed by atoms with E-state index in [9.17, 15) is 0 Å². The summed E-state index contributed by atoms with van der Waals surface area (Å²) in [4.78, 5) is 0. The van der Waals surface area contributed by atoms with E-state index in [2.05, 4.69) is 6.92 Å². The molecule has 0 spiro atoms. The molecule has 0 unspecified atom stereocenters. The van der Waals surface area contributed by atoms with Crippen molar-refractivity contribution in [1.82, 2.24) is 0 Å². The molecule has 0 aromatic heterocycles. The summed E-state index contributed by atoms with van der Waals surface area (Å²) in [7, 11) is -0.989. The van der Waals surface area contributed by atoms with Crippen molar-refractivity contribution in [3.8, 4) is 0 Å². The first-order valence-electron chi connectivity index (χ1n) is 10.6. The first-order valence-corrected chi connectivity index (χ1v) is 11.7. The zero-order valence-corrected chi connectivity index (χ0v) is 17.0. The van der Waals surface area contributed by atoms with Gasteiger partial charge in [0.05, 0.1) is 19.8 Å². The minimum Gasteiger partial charge on any atom is -0.312 e. The zero-order valence-electron chi connectivity index (χ0n) is 16.1. The van der Waals surface area contributed by atoms with Crippen molar-refractivity contribution in [3.05, 3.63) is 0 Å². The molecule has 3 nitrogen and oxygen atoms in total. The largest absolute Gasteiger partial charge is 0.332 e. The van der Waals surface area contributed by atoms with Crippen LogP contribution < -0.4 is 0 Å². The summed E-state index contributed by atoms with van der Waals surface area (Å²) in [5, 5.41) is 0. The monoisotopic (exact) mass is 360 g/mol. The molecule has 4 heteroatoms. The molecule has 0 radical (unpaired) electrons. The van der Waals surface area contributed by atoms with Gasteiger partial charge in [0.1, 0.15) is 0 Å². The van der Waals surface area contributed by atoms with Gasteiger partial charge in [0.2, 0.25) is 0 Å². The Hall–Kier alpha value is 0.310. The molecule has 24 heavy (non-hydrogen) atoms. The maximum atomic E-state index is 5.54. The van der Waals surface area contributed by atoms with Crippen LogP contribution in [-0.2, 0) is 13.6 Å². The molecule has 144 valence electrons. The highest BCUT2D eigenvalue weighted by Crippen LogP contribution is 2.43. The Labute approximate surface area is 152 Å². The van der Waals surface area contributed by atoms with Crippen molar-refractivity contribution in [2.75, 3.05) is 19.8 Å². The number of hydrogen-bond acceptors (Lipinski definition) is 3. The number of rotatable bonds is 18. The Morgan fingerprint density at radius 2 is 0.958 bits per heavy atom. The quantitative estimate of drug-likeness (QED) is 0.187. The molecule has 1 aliphatic heterocycles. The van der Waals surface area contributed by atoms with Crippen molar-refractivity contribution in [2.24, 2.45) is 0 Å². The zero-order chi connectivity index (χ0) is 17.1. The van der Waals surface area contributed by atoms with Crippen LogP contribution in [0.1, 0.15) is 110 Å². The second kappa shape index (κ2) is 18.1. The van der Waals surface area contributed by atoms with E-state index in [-0.39, 0.29) is 0 Å². The van der Waals surface area contributed by atoms with Gasteiger partial charge in [-0.05, 0) is 6.42 Å². The third-order valence-electron chi connectivity index (χ3n) is 4.67. The summed E-state index contributed by atoms with van der Waals surface area (Å²) < 4.78 is 16.1. The van der Waals surface area contributed by atoms with Gasteiger partial charge in [-0.15, -0.1) is 0 Å². The summed E-state index contributed by atoms with van der Waals surface area (Å²) in [6.07, 6.45) is 22.4. The van der Waals surface area contributed by atoms with E-state index < -0.39 is 8.60 Å². The molecule has 0 N–H and O–H groups in total. The van der Waals surface area contributed by atoms with Crippen molar-refractivity contribution in [2.45, 2.75) is 110 Å². The summed E-state index contributed by atoms with van der Waals surface area (Å²) in [5.41, 5.74) is 0. The van der Waals surface area contributed by atoms with Gasteiger partial charge < -0.3 is 13.6 Å². The van der Waals surface area contributed by atoms with Gasteiger partial charge in [-0.3, -0.25) is 0 Å². The van der Waals surface area contributed by atoms with Crippen molar-refractivity contribution in [3.63, 3.8) is 0 Å². The van der Waals surface area contributed by atoms with E-state index in [0.29, 0.717) is 13.2 Å². The Balaban J connectivity index is 1.63. The molecule has 1 saturated heterocycles.